The van der Waals surface area contributed by atoms with Gasteiger partial charge in [-0.25, -0.2) is 0 Å². The van der Waals surface area contributed by atoms with Crippen molar-refractivity contribution in [2.75, 3.05) is 26.7 Å². The van der Waals surface area contributed by atoms with Crippen LogP contribution in [-0.4, -0.2) is 31.6 Å². The monoisotopic (exact) mass is 288 g/mol. The normalized spacial score (nSPS) is 27.0. The number of nitrogens with zero attached hydrogens (tertiary/aromatic N) is 1. The molecule has 2 heterocycles. The molecule has 0 amide bonds. The molecule has 0 saturated carbocycles. The van der Waals surface area contributed by atoms with Gasteiger partial charge in [0.1, 0.15) is 5.75 Å². The number of ether oxygens (including phenoxy) is 1. The van der Waals surface area contributed by atoms with Gasteiger partial charge in [-0.05, 0) is 69.9 Å². The van der Waals surface area contributed by atoms with Crippen LogP contribution in [-0.2, 0) is 12.1 Å². The Labute approximate surface area is 128 Å². The first-order valence-electron chi connectivity index (χ1n) is 8.36. The molecule has 1 atom stereocenters. The van der Waals surface area contributed by atoms with Crippen molar-refractivity contribution in [3.63, 3.8) is 0 Å². The zero-order valence-electron chi connectivity index (χ0n) is 13.5. The van der Waals surface area contributed by atoms with Gasteiger partial charge in [0.25, 0.3) is 0 Å². The quantitative estimate of drug-likeness (QED) is 0.920. The van der Waals surface area contributed by atoms with E-state index in [1.165, 1.54) is 56.3 Å². The maximum Gasteiger partial charge on any atom is 0.123 e. The standard InChI is InChI=1S/C18H28N2O/c1-18(9-6-10-19-18)16-7-8-17(21-2)15(13-16)14-20-11-4-3-5-12-20/h7-8,13,19H,3-6,9-12,14H2,1-2H3. The average Bonchev–Trinajstić information content (AvgIpc) is 2.96. The molecule has 116 valence electrons. The van der Waals surface area contributed by atoms with Crippen molar-refractivity contribution < 1.29 is 4.74 Å². The maximum absolute atomic E-state index is 5.59. The molecule has 2 aliphatic heterocycles. The molecule has 1 aromatic rings. The van der Waals surface area contributed by atoms with E-state index < -0.39 is 0 Å². The van der Waals surface area contributed by atoms with Gasteiger partial charge in [0, 0.05) is 17.6 Å². The Bertz CT molecular complexity index is 474. The molecule has 1 aromatic carbocycles. The molecule has 3 nitrogen and oxygen atoms in total. The van der Waals surface area contributed by atoms with Gasteiger partial charge in [0.05, 0.1) is 7.11 Å². The van der Waals surface area contributed by atoms with Crippen LogP contribution in [0.25, 0.3) is 0 Å². The highest BCUT2D eigenvalue weighted by Gasteiger charge is 2.30. The molecule has 3 heteroatoms. The molecule has 0 spiro atoms. The summed E-state index contributed by atoms with van der Waals surface area (Å²) in [7, 11) is 1.78. The predicted octanol–water partition coefficient (Wildman–Crippen LogP) is 3.28. The summed E-state index contributed by atoms with van der Waals surface area (Å²) in [5.74, 6) is 1.03. The minimum absolute atomic E-state index is 0.142. The van der Waals surface area contributed by atoms with Crippen molar-refractivity contribution in [1.82, 2.24) is 10.2 Å². The first-order chi connectivity index (χ1) is 10.2. The molecule has 1 N–H and O–H groups in total. The molecule has 3 rings (SSSR count). The van der Waals surface area contributed by atoms with Crippen LogP contribution in [0.4, 0.5) is 0 Å². The average molecular weight is 288 g/mol. The summed E-state index contributed by atoms with van der Waals surface area (Å²) >= 11 is 0. The molecule has 1 unspecified atom stereocenters. The van der Waals surface area contributed by atoms with Crippen molar-refractivity contribution >= 4 is 0 Å². The van der Waals surface area contributed by atoms with Gasteiger partial charge >= 0.3 is 0 Å². The van der Waals surface area contributed by atoms with E-state index in [0.29, 0.717) is 0 Å². The van der Waals surface area contributed by atoms with Crippen LogP contribution in [0.1, 0.15) is 50.2 Å². The summed E-state index contributed by atoms with van der Waals surface area (Å²) in [4.78, 5) is 2.57. The zero-order chi connectivity index (χ0) is 14.7. The highest BCUT2D eigenvalue weighted by atomic mass is 16.5. The molecule has 0 bridgehead atoms. The lowest BCUT2D eigenvalue weighted by atomic mass is 9.89. The maximum atomic E-state index is 5.59. The lowest BCUT2D eigenvalue weighted by Gasteiger charge is -2.29. The van der Waals surface area contributed by atoms with Crippen molar-refractivity contribution in [1.29, 1.82) is 0 Å². The fourth-order valence-electron chi connectivity index (χ4n) is 3.74. The van der Waals surface area contributed by atoms with E-state index >= 15 is 0 Å². The van der Waals surface area contributed by atoms with Gasteiger partial charge in [0.15, 0.2) is 0 Å². The lowest BCUT2D eigenvalue weighted by molar-refractivity contribution is 0.218. The number of hydrogen-bond acceptors (Lipinski definition) is 3. The van der Waals surface area contributed by atoms with Crippen LogP contribution in [0.2, 0.25) is 0 Å². The summed E-state index contributed by atoms with van der Waals surface area (Å²) in [5, 5.41) is 3.66. The fraction of sp³-hybridized carbons (Fsp3) is 0.667. The highest BCUT2D eigenvalue weighted by molar-refractivity contribution is 5.40. The Kier molecular flexibility index (Phi) is 4.51. The summed E-state index contributed by atoms with van der Waals surface area (Å²) in [6, 6.07) is 6.75. The second-order valence-corrected chi connectivity index (χ2v) is 6.73. The van der Waals surface area contributed by atoms with E-state index in [1.807, 2.05) is 0 Å². The minimum atomic E-state index is 0.142. The molecule has 0 aromatic heterocycles. The molecular formula is C18H28N2O. The first-order valence-corrected chi connectivity index (χ1v) is 8.36. The molecule has 2 saturated heterocycles. The SMILES string of the molecule is COc1ccc(C2(C)CCCN2)cc1CN1CCCCC1. The van der Waals surface area contributed by atoms with Crippen LogP contribution in [0.15, 0.2) is 18.2 Å². The fourth-order valence-corrected chi connectivity index (χ4v) is 3.74. The van der Waals surface area contributed by atoms with E-state index in [2.05, 4.69) is 35.3 Å². The van der Waals surface area contributed by atoms with E-state index in [1.54, 1.807) is 7.11 Å². The van der Waals surface area contributed by atoms with Gasteiger partial charge in [-0.1, -0.05) is 12.5 Å². The summed E-state index contributed by atoms with van der Waals surface area (Å²) in [5.41, 5.74) is 2.89. The highest BCUT2D eigenvalue weighted by Crippen LogP contribution is 2.33. The van der Waals surface area contributed by atoms with E-state index in [0.717, 1.165) is 18.8 Å². The number of methoxy groups -OCH3 is 1. The third-order valence-corrected chi connectivity index (χ3v) is 5.13. The van der Waals surface area contributed by atoms with Crippen molar-refractivity contribution in [3.05, 3.63) is 29.3 Å². The summed E-state index contributed by atoms with van der Waals surface area (Å²) < 4.78 is 5.59. The Hall–Kier alpha value is -1.06. The van der Waals surface area contributed by atoms with Gasteiger partial charge in [-0.15, -0.1) is 0 Å². The largest absolute Gasteiger partial charge is 0.496 e. The number of hydrogen-bond donors (Lipinski definition) is 1. The molecule has 21 heavy (non-hydrogen) atoms. The van der Waals surface area contributed by atoms with E-state index in [4.69, 9.17) is 4.74 Å². The smallest absolute Gasteiger partial charge is 0.123 e. The third-order valence-electron chi connectivity index (χ3n) is 5.13. The second-order valence-electron chi connectivity index (χ2n) is 6.73. The van der Waals surface area contributed by atoms with Crippen LogP contribution in [0.3, 0.4) is 0 Å². The Morgan fingerprint density at radius 2 is 2.00 bits per heavy atom. The zero-order valence-corrected chi connectivity index (χ0v) is 13.5. The van der Waals surface area contributed by atoms with Crippen molar-refractivity contribution in [2.24, 2.45) is 0 Å². The van der Waals surface area contributed by atoms with Crippen LogP contribution in [0, 0.1) is 0 Å². The molecule has 2 aliphatic rings. The van der Waals surface area contributed by atoms with Gasteiger partial charge < -0.3 is 10.1 Å². The summed E-state index contributed by atoms with van der Waals surface area (Å²) in [6.07, 6.45) is 6.55. The topological polar surface area (TPSA) is 24.5 Å². The second kappa shape index (κ2) is 6.37. The Balaban J connectivity index is 1.82. The number of rotatable bonds is 4. The van der Waals surface area contributed by atoms with E-state index in [9.17, 15) is 0 Å². The molecule has 0 aliphatic carbocycles. The number of nitrogens with one attached hydrogen (secondary N) is 1. The number of likely N-dealkylation sites (tertiary alicyclic amines) is 1. The van der Waals surface area contributed by atoms with Gasteiger partial charge in [-0.2, -0.15) is 0 Å². The number of benzene rings is 1. The van der Waals surface area contributed by atoms with Gasteiger partial charge in [-0.3, -0.25) is 4.90 Å². The Morgan fingerprint density at radius 1 is 1.19 bits per heavy atom. The van der Waals surface area contributed by atoms with Crippen LogP contribution < -0.4 is 10.1 Å². The van der Waals surface area contributed by atoms with Crippen LogP contribution >= 0.6 is 0 Å². The minimum Gasteiger partial charge on any atom is -0.496 e. The first kappa shape index (κ1) is 14.9. The van der Waals surface area contributed by atoms with E-state index in [-0.39, 0.29) is 5.54 Å². The predicted molar refractivity (Wildman–Crippen MR) is 86.7 cm³/mol. The van der Waals surface area contributed by atoms with Crippen LogP contribution in [0.5, 0.6) is 5.75 Å². The summed E-state index contributed by atoms with van der Waals surface area (Å²) in [6.45, 7) is 6.93. The van der Waals surface area contributed by atoms with Crippen molar-refractivity contribution in [2.45, 2.75) is 51.1 Å². The Morgan fingerprint density at radius 3 is 2.67 bits per heavy atom. The number of piperidine rings is 1. The third kappa shape index (κ3) is 3.24. The molecular weight excluding hydrogens is 260 g/mol. The lowest BCUT2D eigenvalue weighted by Crippen LogP contribution is -2.33. The molecule has 0 radical (unpaired) electrons. The van der Waals surface area contributed by atoms with Crippen molar-refractivity contribution in [3.8, 4) is 5.75 Å². The molecule has 2 fully saturated rings. The van der Waals surface area contributed by atoms with Gasteiger partial charge in [0.2, 0.25) is 0 Å².